The third-order valence-electron chi connectivity index (χ3n) is 5.25. The molecule has 2 saturated carbocycles. The lowest BCUT2D eigenvalue weighted by Crippen LogP contribution is -2.53. The highest BCUT2D eigenvalue weighted by molar-refractivity contribution is 5.14. The van der Waals surface area contributed by atoms with E-state index in [1.165, 1.54) is 0 Å². The smallest absolute Gasteiger partial charge is 0.0861 e. The average molecular weight is 251 g/mol. The van der Waals surface area contributed by atoms with Crippen molar-refractivity contribution in [1.29, 1.82) is 5.26 Å². The Morgan fingerprint density at radius 1 is 1.22 bits per heavy atom. The van der Waals surface area contributed by atoms with Crippen LogP contribution in [0.4, 0.5) is 0 Å². The van der Waals surface area contributed by atoms with Crippen LogP contribution in [0.2, 0.25) is 0 Å². The molecule has 0 bridgehead atoms. The zero-order valence-electron chi connectivity index (χ0n) is 11.6. The lowest BCUT2D eigenvalue weighted by atomic mass is 9.58. The minimum absolute atomic E-state index is 0.119. The third kappa shape index (κ3) is 2.29. The summed E-state index contributed by atoms with van der Waals surface area (Å²) in [4.78, 5) is 0. The first-order valence-electron chi connectivity index (χ1n) is 7.22. The number of nitriles is 1. The Bertz CT molecular complexity index is 328. The van der Waals surface area contributed by atoms with Crippen molar-refractivity contribution in [3.8, 4) is 6.07 Å². The number of hydrogen-bond donors (Lipinski definition) is 1. The van der Waals surface area contributed by atoms with Crippen molar-refractivity contribution < 1.29 is 9.84 Å². The van der Waals surface area contributed by atoms with Gasteiger partial charge in [0.15, 0.2) is 0 Å². The van der Waals surface area contributed by atoms with Crippen LogP contribution in [0.25, 0.3) is 0 Å². The molecule has 0 aromatic rings. The first-order valence-corrected chi connectivity index (χ1v) is 7.22. The number of hydrogen-bond acceptors (Lipinski definition) is 3. The third-order valence-corrected chi connectivity index (χ3v) is 5.25. The van der Waals surface area contributed by atoms with Crippen LogP contribution >= 0.6 is 0 Å². The monoisotopic (exact) mass is 251 g/mol. The highest BCUT2D eigenvalue weighted by atomic mass is 16.5. The second-order valence-electron chi connectivity index (χ2n) is 6.36. The van der Waals surface area contributed by atoms with Gasteiger partial charge in [-0.2, -0.15) is 5.26 Å². The van der Waals surface area contributed by atoms with Crippen LogP contribution in [0.1, 0.15) is 58.3 Å². The van der Waals surface area contributed by atoms with Crippen molar-refractivity contribution in [2.75, 3.05) is 7.11 Å². The summed E-state index contributed by atoms with van der Waals surface area (Å²) >= 11 is 0. The summed E-state index contributed by atoms with van der Waals surface area (Å²) < 4.78 is 5.42. The van der Waals surface area contributed by atoms with E-state index in [2.05, 4.69) is 13.0 Å². The van der Waals surface area contributed by atoms with E-state index < -0.39 is 11.0 Å². The van der Waals surface area contributed by atoms with Crippen LogP contribution in [0, 0.1) is 22.7 Å². The van der Waals surface area contributed by atoms with Gasteiger partial charge in [0.25, 0.3) is 0 Å². The van der Waals surface area contributed by atoms with E-state index in [0.29, 0.717) is 12.3 Å². The zero-order valence-corrected chi connectivity index (χ0v) is 11.6. The van der Waals surface area contributed by atoms with Gasteiger partial charge in [-0.1, -0.05) is 6.92 Å². The molecule has 2 aliphatic carbocycles. The minimum atomic E-state index is -0.833. The maximum absolute atomic E-state index is 11.0. The molecule has 0 radical (unpaired) electrons. The normalized spacial score (nSPS) is 45.4. The summed E-state index contributed by atoms with van der Waals surface area (Å²) in [6, 6.07) is 2.49. The predicted octanol–water partition coefficient (Wildman–Crippen LogP) is 3.03. The van der Waals surface area contributed by atoms with E-state index >= 15 is 0 Å². The second-order valence-corrected chi connectivity index (χ2v) is 6.36. The summed E-state index contributed by atoms with van der Waals surface area (Å²) in [5.41, 5.74) is -1.36. The molecular formula is C15H25NO2. The molecule has 2 aliphatic rings. The summed E-state index contributed by atoms with van der Waals surface area (Å²) in [6.07, 6.45) is 7.30. The van der Waals surface area contributed by atoms with Crippen LogP contribution in [-0.2, 0) is 4.74 Å². The van der Waals surface area contributed by atoms with Crippen molar-refractivity contribution >= 4 is 0 Å². The van der Waals surface area contributed by atoms with Crippen molar-refractivity contribution in [1.82, 2.24) is 0 Å². The fourth-order valence-electron chi connectivity index (χ4n) is 3.77. The number of aliphatic hydroxyl groups is 1. The predicted molar refractivity (Wildman–Crippen MR) is 69.9 cm³/mol. The summed E-state index contributed by atoms with van der Waals surface area (Å²) in [5.74, 6) is 0.692. The van der Waals surface area contributed by atoms with Gasteiger partial charge in [0, 0.05) is 13.5 Å². The molecule has 0 amide bonds. The second kappa shape index (κ2) is 5.19. The molecule has 3 nitrogen and oxygen atoms in total. The molecule has 0 aliphatic heterocycles. The molecule has 2 rings (SSSR count). The highest BCUT2D eigenvalue weighted by Gasteiger charge is 2.53. The molecule has 2 atom stereocenters. The first-order chi connectivity index (χ1) is 8.55. The lowest BCUT2D eigenvalue weighted by molar-refractivity contribution is -0.132. The van der Waals surface area contributed by atoms with Crippen molar-refractivity contribution in [2.45, 2.75) is 70.0 Å². The van der Waals surface area contributed by atoms with Crippen molar-refractivity contribution in [3.05, 3.63) is 0 Å². The van der Waals surface area contributed by atoms with Gasteiger partial charge in [-0.25, -0.2) is 0 Å². The van der Waals surface area contributed by atoms with E-state index in [4.69, 9.17) is 4.74 Å². The number of methoxy groups -OCH3 is 1. The Kier molecular flexibility index (Phi) is 3.99. The Balaban J connectivity index is 2.18. The molecule has 3 heteroatoms. The van der Waals surface area contributed by atoms with E-state index in [1.54, 1.807) is 7.11 Å². The number of ether oxygens (including phenoxy) is 1. The Morgan fingerprint density at radius 2 is 1.89 bits per heavy atom. The molecule has 2 fully saturated rings. The topological polar surface area (TPSA) is 53.2 Å². The van der Waals surface area contributed by atoms with Gasteiger partial charge in [0.1, 0.15) is 0 Å². The first kappa shape index (κ1) is 13.8. The van der Waals surface area contributed by atoms with Gasteiger partial charge in [0.05, 0.1) is 23.2 Å². The van der Waals surface area contributed by atoms with Gasteiger partial charge < -0.3 is 9.84 Å². The fraction of sp³-hybridized carbons (Fsp3) is 0.933. The zero-order chi connectivity index (χ0) is 13.2. The van der Waals surface area contributed by atoms with Gasteiger partial charge in [-0.3, -0.25) is 0 Å². The van der Waals surface area contributed by atoms with Gasteiger partial charge in [0.2, 0.25) is 0 Å². The molecule has 0 aromatic heterocycles. The highest BCUT2D eigenvalue weighted by Crippen LogP contribution is 2.51. The average Bonchev–Trinajstić information content (AvgIpc) is 2.39. The maximum atomic E-state index is 11.0. The summed E-state index contributed by atoms with van der Waals surface area (Å²) in [7, 11) is 1.71. The molecular weight excluding hydrogens is 226 g/mol. The van der Waals surface area contributed by atoms with Gasteiger partial charge in [-0.15, -0.1) is 0 Å². The Morgan fingerprint density at radius 3 is 2.44 bits per heavy atom. The van der Waals surface area contributed by atoms with E-state index in [0.717, 1.165) is 44.9 Å². The SMILES string of the molecule is COC1CCCC(O)(C2(C#N)CCC(C)CC2)C1. The minimum Gasteiger partial charge on any atom is -0.388 e. The van der Waals surface area contributed by atoms with E-state index in [9.17, 15) is 10.4 Å². The molecule has 0 saturated heterocycles. The van der Waals surface area contributed by atoms with Crippen LogP contribution in [0.5, 0.6) is 0 Å². The molecule has 18 heavy (non-hydrogen) atoms. The molecule has 102 valence electrons. The summed E-state index contributed by atoms with van der Waals surface area (Å²) in [6.45, 7) is 2.24. The van der Waals surface area contributed by atoms with Crippen LogP contribution < -0.4 is 0 Å². The lowest BCUT2D eigenvalue weighted by Gasteiger charge is -2.49. The largest absolute Gasteiger partial charge is 0.388 e. The van der Waals surface area contributed by atoms with Crippen LogP contribution in [0.15, 0.2) is 0 Å². The van der Waals surface area contributed by atoms with Crippen molar-refractivity contribution in [3.63, 3.8) is 0 Å². The molecule has 0 spiro atoms. The van der Waals surface area contributed by atoms with E-state index in [1.807, 2.05) is 0 Å². The maximum Gasteiger partial charge on any atom is 0.0861 e. The van der Waals surface area contributed by atoms with Crippen LogP contribution in [0.3, 0.4) is 0 Å². The molecule has 1 N–H and O–H groups in total. The fourth-order valence-corrected chi connectivity index (χ4v) is 3.77. The molecule has 0 aromatic carbocycles. The number of rotatable bonds is 2. The van der Waals surface area contributed by atoms with Crippen molar-refractivity contribution in [2.24, 2.45) is 11.3 Å². The van der Waals surface area contributed by atoms with Gasteiger partial charge in [-0.05, 0) is 50.9 Å². The number of nitrogens with zero attached hydrogens (tertiary/aromatic N) is 1. The standard InChI is InChI=1S/C15H25NO2/c1-12-5-8-14(11-16,9-6-12)15(17)7-3-4-13(10-15)18-2/h12-13,17H,3-10H2,1-2H3. The van der Waals surface area contributed by atoms with Gasteiger partial charge >= 0.3 is 0 Å². The Hall–Kier alpha value is -0.590. The van der Waals surface area contributed by atoms with E-state index in [-0.39, 0.29) is 6.10 Å². The molecule has 0 heterocycles. The molecule has 2 unspecified atom stereocenters. The quantitative estimate of drug-likeness (QED) is 0.820. The summed E-state index contributed by atoms with van der Waals surface area (Å²) in [5, 5.41) is 20.7. The van der Waals surface area contributed by atoms with Crippen LogP contribution in [-0.4, -0.2) is 23.9 Å². The Labute approximate surface area is 110 Å².